The summed E-state index contributed by atoms with van der Waals surface area (Å²) in [7, 11) is 1.57. The molecule has 3 atom stereocenters. The second-order valence-electron chi connectivity index (χ2n) is 3.32. The first-order valence-corrected chi connectivity index (χ1v) is 3.96. The smallest absolute Gasteiger partial charge is 0.162 e. The second kappa shape index (κ2) is 2.57. The highest BCUT2D eigenvalue weighted by atomic mass is 16.7. The average molecular weight is 156 g/mol. The van der Waals surface area contributed by atoms with Crippen molar-refractivity contribution in [3.63, 3.8) is 0 Å². The Morgan fingerprint density at radius 2 is 2.45 bits per heavy atom. The lowest BCUT2D eigenvalue weighted by Crippen LogP contribution is -2.22. The van der Waals surface area contributed by atoms with Gasteiger partial charge in [0.2, 0.25) is 0 Å². The largest absolute Gasteiger partial charge is 0.359 e. The molecule has 0 N–H and O–H groups in total. The Bertz CT molecular complexity index is 178. The number of carbonyl (C=O) groups excluding carboxylic acids is 1. The minimum Gasteiger partial charge on any atom is -0.359 e. The van der Waals surface area contributed by atoms with Gasteiger partial charge in [-0.05, 0) is 18.3 Å². The lowest BCUT2D eigenvalue weighted by atomic mass is 10.2. The van der Waals surface area contributed by atoms with Gasteiger partial charge < -0.3 is 9.47 Å². The Morgan fingerprint density at radius 1 is 1.64 bits per heavy atom. The molecular weight excluding hydrogens is 144 g/mol. The summed E-state index contributed by atoms with van der Waals surface area (Å²) < 4.78 is 9.99. The van der Waals surface area contributed by atoms with Gasteiger partial charge in [-0.2, -0.15) is 0 Å². The minimum atomic E-state index is -0.139. The van der Waals surface area contributed by atoms with Crippen molar-refractivity contribution in [3.05, 3.63) is 0 Å². The van der Waals surface area contributed by atoms with Gasteiger partial charge in [-0.1, -0.05) is 0 Å². The molecule has 0 amide bonds. The van der Waals surface area contributed by atoms with Crippen molar-refractivity contribution in [3.8, 4) is 0 Å². The SMILES string of the molecule is COCO[C@@H]1C(=O)C[C@H]2CC21. The molecule has 2 saturated carbocycles. The van der Waals surface area contributed by atoms with Gasteiger partial charge in [-0.15, -0.1) is 0 Å². The maximum absolute atomic E-state index is 11.1. The van der Waals surface area contributed by atoms with E-state index in [1.54, 1.807) is 7.11 Å². The van der Waals surface area contributed by atoms with Gasteiger partial charge in [0.1, 0.15) is 12.9 Å². The van der Waals surface area contributed by atoms with Gasteiger partial charge in [0, 0.05) is 13.5 Å². The Morgan fingerprint density at radius 3 is 3.00 bits per heavy atom. The molecule has 0 saturated heterocycles. The summed E-state index contributed by atoms with van der Waals surface area (Å²) in [4.78, 5) is 11.1. The topological polar surface area (TPSA) is 35.5 Å². The number of fused-ring (bicyclic) bond motifs is 1. The van der Waals surface area contributed by atoms with Crippen LogP contribution < -0.4 is 0 Å². The molecule has 0 aliphatic heterocycles. The Hall–Kier alpha value is -0.410. The molecule has 3 nitrogen and oxygen atoms in total. The normalized spacial score (nSPS) is 40.8. The molecule has 0 bridgehead atoms. The summed E-state index contributed by atoms with van der Waals surface area (Å²) in [5.74, 6) is 1.44. The fourth-order valence-electron chi connectivity index (χ4n) is 1.85. The molecule has 0 aromatic heterocycles. The molecule has 2 aliphatic rings. The van der Waals surface area contributed by atoms with Crippen molar-refractivity contribution in [1.82, 2.24) is 0 Å². The van der Waals surface area contributed by atoms with Crippen LogP contribution in [0.2, 0.25) is 0 Å². The average Bonchev–Trinajstić information content (AvgIpc) is 2.64. The van der Waals surface area contributed by atoms with Gasteiger partial charge in [0.05, 0.1) is 0 Å². The highest BCUT2D eigenvalue weighted by Gasteiger charge is 2.53. The Balaban J connectivity index is 1.86. The zero-order valence-corrected chi connectivity index (χ0v) is 6.58. The van der Waals surface area contributed by atoms with Crippen LogP contribution in [0.25, 0.3) is 0 Å². The molecule has 2 fully saturated rings. The lowest BCUT2D eigenvalue weighted by molar-refractivity contribution is -0.138. The molecule has 0 radical (unpaired) electrons. The van der Waals surface area contributed by atoms with Crippen molar-refractivity contribution in [1.29, 1.82) is 0 Å². The maximum Gasteiger partial charge on any atom is 0.162 e. The van der Waals surface area contributed by atoms with Crippen LogP contribution in [0.3, 0.4) is 0 Å². The third-order valence-electron chi connectivity index (χ3n) is 2.51. The van der Waals surface area contributed by atoms with Crippen molar-refractivity contribution in [2.45, 2.75) is 18.9 Å². The number of methoxy groups -OCH3 is 1. The van der Waals surface area contributed by atoms with Crippen molar-refractivity contribution >= 4 is 5.78 Å². The van der Waals surface area contributed by atoms with Crippen LogP contribution in [0, 0.1) is 11.8 Å². The number of Topliss-reactive ketones (excluding diaryl/α,β-unsaturated/α-hetero) is 1. The highest BCUT2D eigenvalue weighted by Crippen LogP contribution is 2.51. The summed E-state index contributed by atoms with van der Waals surface area (Å²) in [6.45, 7) is 0.250. The Kier molecular flexibility index (Phi) is 1.69. The van der Waals surface area contributed by atoms with Gasteiger partial charge in [-0.3, -0.25) is 4.79 Å². The van der Waals surface area contributed by atoms with Crippen molar-refractivity contribution in [2.75, 3.05) is 13.9 Å². The van der Waals surface area contributed by atoms with E-state index in [0.29, 0.717) is 11.8 Å². The summed E-state index contributed by atoms with van der Waals surface area (Å²) in [6.07, 6.45) is 1.78. The Labute approximate surface area is 65.7 Å². The van der Waals surface area contributed by atoms with Crippen LogP contribution in [-0.2, 0) is 14.3 Å². The predicted molar refractivity (Wildman–Crippen MR) is 38.0 cm³/mol. The third-order valence-corrected chi connectivity index (χ3v) is 2.51. The van der Waals surface area contributed by atoms with Gasteiger partial charge in [0.15, 0.2) is 5.78 Å². The van der Waals surface area contributed by atoms with Crippen LogP contribution in [0.1, 0.15) is 12.8 Å². The van der Waals surface area contributed by atoms with E-state index in [1.165, 1.54) is 6.42 Å². The highest BCUT2D eigenvalue weighted by molar-refractivity contribution is 5.87. The molecule has 0 heterocycles. The number of ketones is 1. The van der Waals surface area contributed by atoms with Gasteiger partial charge in [-0.25, -0.2) is 0 Å². The van der Waals surface area contributed by atoms with Crippen LogP contribution in [0.5, 0.6) is 0 Å². The van der Waals surface area contributed by atoms with E-state index in [2.05, 4.69) is 0 Å². The summed E-state index contributed by atoms with van der Waals surface area (Å²) in [6, 6.07) is 0. The van der Waals surface area contributed by atoms with E-state index in [0.717, 1.165) is 6.42 Å². The fraction of sp³-hybridized carbons (Fsp3) is 0.875. The van der Waals surface area contributed by atoms with Crippen LogP contribution in [-0.4, -0.2) is 25.8 Å². The van der Waals surface area contributed by atoms with Crippen molar-refractivity contribution < 1.29 is 14.3 Å². The van der Waals surface area contributed by atoms with Crippen LogP contribution in [0.4, 0.5) is 0 Å². The molecule has 2 aliphatic carbocycles. The number of rotatable bonds is 3. The first kappa shape index (κ1) is 7.25. The first-order valence-electron chi connectivity index (χ1n) is 3.96. The number of hydrogen-bond donors (Lipinski definition) is 0. The lowest BCUT2D eigenvalue weighted by Gasteiger charge is -2.10. The van der Waals surface area contributed by atoms with E-state index >= 15 is 0 Å². The van der Waals surface area contributed by atoms with E-state index in [9.17, 15) is 4.79 Å². The van der Waals surface area contributed by atoms with Crippen molar-refractivity contribution in [2.24, 2.45) is 11.8 Å². The third kappa shape index (κ3) is 1.19. The summed E-state index contributed by atoms with van der Waals surface area (Å²) >= 11 is 0. The predicted octanol–water partition coefficient (Wildman–Crippen LogP) is 0.584. The van der Waals surface area contributed by atoms with E-state index in [1.807, 2.05) is 0 Å². The molecule has 62 valence electrons. The van der Waals surface area contributed by atoms with Gasteiger partial charge in [0.25, 0.3) is 0 Å². The zero-order chi connectivity index (χ0) is 7.84. The van der Waals surface area contributed by atoms with E-state index in [4.69, 9.17) is 9.47 Å². The molecular formula is C8H12O3. The molecule has 2 rings (SSSR count). The molecule has 1 unspecified atom stereocenters. The molecule has 11 heavy (non-hydrogen) atoms. The maximum atomic E-state index is 11.1. The number of hydrogen-bond acceptors (Lipinski definition) is 3. The quantitative estimate of drug-likeness (QED) is 0.561. The second-order valence-corrected chi connectivity index (χ2v) is 3.32. The zero-order valence-electron chi connectivity index (χ0n) is 6.58. The summed E-state index contributed by atoms with van der Waals surface area (Å²) in [5.41, 5.74) is 0. The van der Waals surface area contributed by atoms with E-state index in [-0.39, 0.29) is 18.7 Å². The van der Waals surface area contributed by atoms with Crippen LogP contribution >= 0.6 is 0 Å². The summed E-state index contributed by atoms with van der Waals surface area (Å²) in [5, 5.41) is 0. The van der Waals surface area contributed by atoms with Crippen LogP contribution in [0.15, 0.2) is 0 Å². The standard InChI is InChI=1S/C8H12O3/c1-10-4-11-8-6-2-5(6)3-7(8)9/h5-6,8H,2-4H2,1H3/t5-,6?,8+/m1/s1. The number of ether oxygens (including phenoxy) is 2. The number of carbonyl (C=O) groups is 1. The molecule has 3 heteroatoms. The van der Waals surface area contributed by atoms with E-state index < -0.39 is 0 Å². The fourth-order valence-corrected chi connectivity index (χ4v) is 1.85. The minimum absolute atomic E-state index is 0.139. The molecule has 0 spiro atoms. The molecule has 0 aromatic carbocycles. The monoisotopic (exact) mass is 156 g/mol. The molecule has 0 aromatic rings. The van der Waals surface area contributed by atoms with Gasteiger partial charge >= 0.3 is 0 Å². The first-order chi connectivity index (χ1) is 5.33.